The third-order valence-corrected chi connectivity index (χ3v) is 6.49. The lowest BCUT2D eigenvalue weighted by molar-refractivity contribution is 0.543. The molecule has 2 aromatic heterocycles. The first-order valence-corrected chi connectivity index (χ1v) is 9.77. The minimum atomic E-state index is -3.52. The number of aryl methyl sites for hydroxylation is 3. The van der Waals surface area contributed by atoms with Crippen LogP contribution in [0.25, 0.3) is 0 Å². The van der Waals surface area contributed by atoms with Crippen LogP contribution in [-0.2, 0) is 23.1 Å². The van der Waals surface area contributed by atoms with Crippen molar-refractivity contribution in [1.29, 1.82) is 0 Å². The van der Waals surface area contributed by atoms with Gasteiger partial charge in [-0.05, 0) is 50.0 Å². The molecule has 2 heterocycles. The van der Waals surface area contributed by atoms with Crippen LogP contribution in [0.3, 0.4) is 0 Å². The van der Waals surface area contributed by atoms with Crippen molar-refractivity contribution in [3.63, 3.8) is 0 Å². The maximum absolute atomic E-state index is 12.3. The van der Waals surface area contributed by atoms with Gasteiger partial charge in [-0.1, -0.05) is 0 Å². The summed E-state index contributed by atoms with van der Waals surface area (Å²) < 4.78 is 31.8. The van der Waals surface area contributed by atoms with Gasteiger partial charge in [0.2, 0.25) is 10.0 Å². The van der Waals surface area contributed by atoms with Crippen LogP contribution in [0.2, 0.25) is 0 Å². The Morgan fingerprint density at radius 3 is 2.43 bits per heavy atom. The van der Waals surface area contributed by atoms with E-state index >= 15 is 0 Å². The van der Waals surface area contributed by atoms with Crippen molar-refractivity contribution < 1.29 is 8.42 Å². The molecule has 23 heavy (non-hydrogen) atoms. The molecule has 0 spiro atoms. The number of halogens is 1. The van der Waals surface area contributed by atoms with Gasteiger partial charge in [0, 0.05) is 25.3 Å². The maximum atomic E-state index is 12.3. The quantitative estimate of drug-likeness (QED) is 0.717. The van der Waals surface area contributed by atoms with Gasteiger partial charge in [0.25, 0.3) is 0 Å². The van der Waals surface area contributed by atoms with Crippen LogP contribution in [0, 0.1) is 20.8 Å². The average Bonchev–Trinajstić information content (AvgIpc) is 2.99. The molecule has 7 nitrogen and oxygen atoms in total. The fourth-order valence-corrected chi connectivity index (χ4v) is 3.95. The number of nitrogens with one attached hydrogen (secondary N) is 1. The van der Waals surface area contributed by atoms with E-state index < -0.39 is 10.0 Å². The van der Waals surface area contributed by atoms with Crippen LogP contribution in [0.1, 0.15) is 30.4 Å². The molecule has 0 aromatic carbocycles. The fraction of sp³-hybridized carbons (Fsp3) is 0.571. The van der Waals surface area contributed by atoms with E-state index in [-0.39, 0.29) is 4.90 Å². The van der Waals surface area contributed by atoms with Gasteiger partial charge in [-0.2, -0.15) is 10.2 Å². The van der Waals surface area contributed by atoms with E-state index in [1.165, 1.54) is 6.20 Å². The molecule has 0 saturated carbocycles. The topological polar surface area (TPSA) is 81.8 Å². The molecule has 0 bridgehead atoms. The maximum Gasteiger partial charge on any atom is 0.243 e. The van der Waals surface area contributed by atoms with E-state index in [0.29, 0.717) is 31.7 Å². The summed E-state index contributed by atoms with van der Waals surface area (Å²) in [5.74, 6) is 0. The van der Waals surface area contributed by atoms with Crippen molar-refractivity contribution in [2.24, 2.45) is 0 Å². The summed E-state index contributed by atoms with van der Waals surface area (Å²) in [5.41, 5.74) is 2.64. The normalized spacial score (nSPS) is 12.0. The zero-order valence-electron chi connectivity index (χ0n) is 13.8. The van der Waals surface area contributed by atoms with Gasteiger partial charge in [-0.3, -0.25) is 9.36 Å². The summed E-state index contributed by atoms with van der Waals surface area (Å²) in [4.78, 5) is 0.244. The number of hydrogen-bond acceptors (Lipinski definition) is 4. The monoisotopic (exact) mass is 403 g/mol. The van der Waals surface area contributed by atoms with E-state index in [4.69, 9.17) is 0 Å². The largest absolute Gasteiger partial charge is 0.269 e. The second kappa shape index (κ2) is 7.14. The Morgan fingerprint density at radius 1 is 1.22 bits per heavy atom. The van der Waals surface area contributed by atoms with Crippen molar-refractivity contribution in [1.82, 2.24) is 24.3 Å². The molecule has 128 valence electrons. The molecule has 0 aliphatic rings. The van der Waals surface area contributed by atoms with Crippen molar-refractivity contribution in [2.75, 3.05) is 6.54 Å². The highest BCUT2D eigenvalue weighted by Gasteiger charge is 2.19. The van der Waals surface area contributed by atoms with E-state index in [9.17, 15) is 8.42 Å². The summed E-state index contributed by atoms with van der Waals surface area (Å²) in [6.45, 7) is 9.27. The molecule has 0 aliphatic carbocycles. The van der Waals surface area contributed by atoms with E-state index in [0.717, 1.165) is 15.9 Å². The molecule has 0 amide bonds. The Balaban J connectivity index is 1.95. The van der Waals surface area contributed by atoms with E-state index in [1.54, 1.807) is 11.6 Å². The van der Waals surface area contributed by atoms with Crippen molar-refractivity contribution in [3.05, 3.63) is 27.8 Å². The number of aromatic nitrogens is 4. The van der Waals surface area contributed by atoms with Crippen LogP contribution >= 0.6 is 15.9 Å². The van der Waals surface area contributed by atoms with Gasteiger partial charge in [-0.25, -0.2) is 13.1 Å². The molecule has 0 saturated heterocycles. The molecule has 1 N–H and O–H groups in total. The highest BCUT2D eigenvalue weighted by atomic mass is 79.9. The van der Waals surface area contributed by atoms with Crippen molar-refractivity contribution in [2.45, 2.75) is 52.1 Å². The van der Waals surface area contributed by atoms with Gasteiger partial charge in [-0.15, -0.1) is 0 Å². The van der Waals surface area contributed by atoms with Crippen LogP contribution < -0.4 is 4.72 Å². The van der Waals surface area contributed by atoms with Crippen molar-refractivity contribution >= 4 is 26.0 Å². The summed E-state index contributed by atoms with van der Waals surface area (Å²) in [5, 5.41) is 8.49. The molecule has 9 heteroatoms. The third kappa shape index (κ3) is 3.84. The predicted octanol–water partition coefficient (Wildman–Crippen LogP) is 2.16. The van der Waals surface area contributed by atoms with Gasteiger partial charge >= 0.3 is 0 Å². The molecule has 2 rings (SSSR count). The molecule has 0 radical (unpaired) electrons. The van der Waals surface area contributed by atoms with Crippen LogP contribution in [0.4, 0.5) is 0 Å². The molecule has 0 unspecified atom stereocenters. The summed E-state index contributed by atoms with van der Waals surface area (Å²) in [6.07, 6.45) is 2.06. The zero-order chi connectivity index (χ0) is 17.2. The first kappa shape index (κ1) is 18.2. The highest BCUT2D eigenvalue weighted by molar-refractivity contribution is 9.10. The molecule has 2 aromatic rings. The highest BCUT2D eigenvalue weighted by Crippen LogP contribution is 2.20. The predicted molar refractivity (Wildman–Crippen MR) is 91.8 cm³/mol. The van der Waals surface area contributed by atoms with Crippen LogP contribution in [0.15, 0.2) is 15.6 Å². The third-order valence-electron chi connectivity index (χ3n) is 3.78. The van der Waals surface area contributed by atoms with Crippen molar-refractivity contribution in [3.8, 4) is 0 Å². The first-order valence-electron chi connectivity index (χ1n) is 7.49. The molecule has 0 aliphatic heterocycles. The number of sulfonamides is 1. The summed E-state index contributed by atoms with van der Waals surface area (Å²) in [7, 11) is -3.52. The smallest absolute Gasteiger partial charge is 0.243 e. The SMILES string of the molecule is CCn1ncc(S(=O)(=O)NCCCn2nc(C)c(Br)c2C)c1C. The lowest BCUT2D eigenvalue weighted by atomic mass is 10.4. The van der Waals surface area contributed by atoms with Gasteiger partial charge < -0.3 is 0 Å². The standard InChI is InChI=1S/C14H22BrN5O2S/c1-5-19-11(3)13(9-16-19)23(21,22)17-7-6-8-20-12(4)14(15)10(2)18-20/h9,17H,5-8H2,1-4H3. The van der Waals surface area contributed by atoms with Gasteiger partial charge in [0.1, 0.15) is 4.90 Å². The Bertz CT molecular complexity index is 794. The lowest BCUT2D eigenvalue weighted by Crippen LogP contribution is -2.26. The molecular formula is C14H22BrN5O2S. The molecular weight excluding hydrogens is 382 g/mol. The number of nitrogens with zero attached hydrogens (tertiary/aromatic N) is 4. The number of rotatable bonds is 7. The first-order chi connectivity index (χ1) is 10.8. The minimum Gasteiger partial charge on any atom is -0.269 e. The fourth-order valence-electron chi connectivity index (χ4n) is 2.42. The van der Waals surface area contributed by atoms with E-state index in [2.05, 4.69) is 30.8 Å². The molecule has 0 atom stereocenters. The van der Waals surface area contributed by atoms with Gasteiger partial charge in [0.05, 0.1) is 22.1 Å². The van der Waals surface area contributed by atoms with Crippen LogP contribution in [-0.4, -0.2) is 34.5 Å². The minimum absolute atomic E-state index is 0.244. The van der Waals surface area contributed by atoms with Gasteiger partial charge in [0.15, 0.2) is 0 Å². The lowest BCUT2D eigenvalue weighted by Gasteiger charge is -2.08. The van der Waals surface area contributed by atoms with Crippen LogP contribution in [0.5, 0.6) is 0 Å². The zero-order valence-corrected chi connectivity index (χ0v) is 16.2. The Kier molecular flexibility index (Phi) is 5.64. The summed E-state index contributed by atoms with van der Waals surface area (Å²) in [6, 6.07) is 0. The second-order valence-corrected chi connectivity index (χ2v) is 7.90. The second-order valence-electron chi connectivity index (χ2n) is 5.37. The summed E-state index contributed by atoms with van der Waals surface area (Å²) >= 11 is 3.48. The Labute approximate surface area is 145 Å². The number of hydrogen-bond donors (Lipinski definition) is 1. The molecule has 0 fully saturated rings. The average molecular weight is 404 g/mol. The Hall–Kier alpha value is -1.19. The Morgan fingerprint density at radius 2 is 1.91 bits per heavy atom. The van der Waals surface area contributed by atoms with E-state index in [1.807, 2.05) is 25.5 Å².